The molecule has 2 rings (SSSR count). The highest BCUT2D eigenvalue weighted by atomic mass is 35.5. The predicted octanol–water partition coefficient (Wildman–Crippen LogP) is 3.72. The fourth-order valence-corrected chi connectivity index (χ4v) is 1.90. The molecule has 0 aliphatic heterocycles. The van der Waals surface area contributed by atoms with Gasteiger partial charge in [0, 0.05) is 12.6 Å². The molecule has 0 bridgehead atoms. The Bertz CT molecular complexity index is 569. The van der Waals surface area contributed by atoms with Crippen LogP contribution in [0.4, 0.5) is 14.5 Å². The molecule has 0 fully saturated rings. The van der Waals surface area contributed by atoms with Crippen LogP contribution >= 0.6 is 11.6 Å². The second kappa shape index (κ2) is 5.99. The van der Waals surface area contributed by atoms with Gasteiger partial charge in [0.25, 0.3) is 0 Å². The molecule has 0 aliphatic rings. The number of aliphatic hydroxyl groups excluding tert-OH is 1. The number of aliphatic hydroxyl groups is 1. The van der Waals surface area contributed by atoms with E-state index in [4.69, 9.17) is 16.7 Å². The molecule has 100 valence electrons. The molecule has 5 heteroatoms. The van der Waals surface area contributed by atoms with Crippen molar-refractivity contribution in [2.45, 2.75) is 13.2 Å². The molecule has 0 atom stereocenters. The summed E-state index contributed by atoms with van der Waals surface area (Å²) in [4.78, 5) is 0. The molecule has 0 aromatic heterocycles. The monoisotopic (exact) mass is 283 g/mol. The molecule has 0 saturated carbocycles. The van der Waals surface area contributed by atoms with Crippen LogP contribution < -0.4 is 5.32 Å². The highest BCUT2D eigenvalue weighted by Gasteiger charge is 2.04. The smallest absolute Gasteiger partial charge is 0.126 e. The van der Waals surface area contributed by atoms with Gasteiger partial charge in [-0.1, -0.05) is 17.7 Å². The average Bonchev–Trinajstić information content (AvgIpc) is 2.37. The minimum absolute atomic E-state index is 0.0968. The minimum Gasteiger partial charge on any atom is -0.392 e. The average molecular weight is 284 g/mol. The third-order valence-corrected chi connectivity index (χ3v) is 2.95. The molecular formula is C14H12ClF2NO. The van der Waals surface area contributed by atoms with E-state index in [0.29, 0.717) is 21.8 Å². The first-order valence-corrected chi connectivity index (χ1v) is 6.04. The van der Waals surface area contributed by atoms with Gasteiger partial charge in [-0.05, 0) is 35.4 Å². The molecule has 2 aromatic carbocycles. The van der Waals surface area contributed by atoms with Crippen LogP contribution in [0.3, 0.4) is 0 Å². The molecule has 2 N–H and O–H groups in total. The van der Waals surface area contributed by atoms with Crippen molar-refractivity contribution in [3.8, 4) is 0 Å². The van der Waals surface area contributed by atoms with E-state index in [2.05, 4.69) is 5.32 Å². The Hall–Kier alpha value is -1.65. The molecule has 19 heavy (non-hydrogen) atoms. The predicted molar refractivity (Wildman–Crippen MR) is 71.1 cm³/mol. The van der Waals surface area contributed by atoms with Gasteiger partial charge in [0.2, 0.25) is 0 Å². The Labute approximate surface area is 114 Å². The van der Waals surface area contributed by atoms with E-state index >= 15 is 0 Å². The van der Waals surface area contributed by atoms with Crippen LogP contribution in [0.1, 0.15) is 11.1 Å². The van der Waals surface area contributed by atoms with Gasteiger partial charge in [0.15, 0.2) is 0 Å². The van der Waals surface area contributed by atoms with Crippen molar-refractivity contribution in [3.63, 3.8) is 0 Å². The van der Waals surface area contributed by atoms with Gasteiger partial charge in [-0.25, -0.2) is 8.78 Å². The summed E-state index contributed by atoms with van der Waals surface area (Å²) in [5.74, 6) is -1.24. The summed E-state index contributed by atoms with van der Waals surface area (Å²) in [5.41, 5.74) is 1.79. The van der Waals surface area contributed by atoms with E-state index in [1.807, 2.05) is 0 Å². The summed E-state index contributed by atoms with van der Waals surface area (Å²) in [7, 11) is 0. The Morgan fingerprint density at radius 1 is 1.00 bits per heavy atom. The number of rotatable bonds is 4. The molecule has 0 aliphatic carbocycles. The van der Waals surface area contributed by atoms with Crippen molar-refractivity contribution in [2.75, 3.05) is 5.32 Å². The molecule has 0 heterocycles. The minimum atomic E-state index is -0.619. The summed E-state index contributed by atoms with van der Waals surface area (Å²) < 4.78 is 26.0. The summed E-state index contributed by atoms with van der Waals surface area (Å²) in [6, 6.07) is 8.37. The molecule has 0 amide bonds. The first-order valence-electron chi connectivity index (χ1n) is 5.66. The lowest BCUT2D eigenvalue weighted by molar-refractivity contribution is 0.282. The van der Waals surface area contributed by atoms with Crippen LogP contribution in [-0.2, 0) is 13.2 Å². The second-order valence-corrected chi connectivity index (χ2v) is 4.51. The van der Waals surface area contributed by atoms with Gasteiger partial charge in [0.1, 0.15) is 11.6 Å². The number of hydrogen-bond donors (Lipinski definition) is 2. The maximum absolute atomic E-state index is 13.0. The van der Waals surface area contributed by atoms with Crippen LogP contribution in [0, 0.1) is 11.6 Å². The quantitative estimate of drug-likeness (QED) is 0.896. The highest BCUT2D eigenvalue weighted by Crippen LogP contribution is 2.24. The van der Waals surface area contributed by atoms with E-state index in [1.54, 1.807) is 18.2 Å². The van der Waals surface area contributed by atoms with E-state index < -0.39 is 11.6 Å². The summed E-state index contributed by atoms with van der Waals surface area (Å²) in [6.07, 6.45) is 0. The van der Waals surface area contributed by atoms with Crippen LogP contribution in [0.2, 0.25) is 5.02 Å². The lowest BCUT2D eigenvalue weighted by Crippen LogP contribution is -2.02. The lowest BCUT2D eigenvalue weighted by Gasteiger charge is -2.10. The van der Waals surface area contributed by atoms with Crippen molar-refractivity contribution in [3.05, 3.63) is 64.2 Å². The van der Waals surface area contributed by atoms with Gasteiger partial charge in [-0.3, -0.25) is 0 Å². The van der Waals surface area contributed by atoms with Gasteiger partial charge in [0.05, 0.1) is 17.3 Å². The molecule has 0 saturated heterocycles. The maximum Gasteiger partial charge on any atom is 0.126 e. The molecule has 0 unspecified atom stereocenters. The SMILES string of the molecule is OCc1ccc(Cl)c(NCc2cc(F)cc(F)c2)c1. The maximum atomic E-state index is 13.0. The van der Waals surface area contributed by atoms with Gasteiger partial charge < -0.3 is 10.4 Å². The zero-order valence-electron chi connectivity index (χ0n) is 9.96. The van der Waals surface area contributed by atoms with Crippen molar-refractivity contribution in [2.24, 2.45) is 0 Å². The Morgan fingerprint density at radius 3 is 2.32 bits per heavy atom. The molecule has 0 spiro atoms. The first-order chi connectivity index (χ1) is 9.08. The first kappa shape index (κ1) is 13.8. The van der Waals surface area contributed by atoms with Crippen molar-refractivity contribution in [1.82, 2.24) is 0 Å². The second-order valence-electron chi connectivity index (χ2n) is 4.10. The Kier molecular flexibility index (Phi) is 4.35. The van der Waals surface area contributed by atoms with Gasteiger partial charge >= 0.3 is 0 Å². The van der Waals surface area contributed by atoms with Crippen LogP contribution in [0.5, 0.6) is 0 Å². The summed E-state index contributed by atoms with van der Waals surface area (Å²) >= 11 is 5.99. The van der Waals surface area contributed by atoms with Crippen LogP contribution in [0.25, 0.3) is 0 Å². The Morgan fingerprint density at radius 2 is 1.68 bits per heavy atom. The Balaban J connectivity index is 2.13. The molecule has 2 aromatic rings. The molecule has 0 radical (unpaired) electrons. The zero-order chi connectivity index (χ0) is 13.8. The van der Waals surface area contributed by atoms with Gasteiger partial charge in [-0.2, -0.15) is 0 Å². The fraction of sp³-hybridized carbons (Fsp3) is 0.143. The topological polar surface area (TPSA) is 32.3 Å². The third-order valence-electron chi connectivity index (χ3n) is 2.62. The largest absolute Gasteiger partial charge is 0.392 e. The van der Waals surface area contributed by atoms with Crippen molar-refractivity contribution >= 4 is 17.3 Å². The standard InChI is InChI=1S/C14H12ClF2NO/c15-13-2-1-9(8-19)5-14(13)18-7-10-3-11(16)6-12(17)4-10/h1-6,18-19H,7-8H2. The highest BCUT2D eigenvalue weighted by molar-refractivity contribution is 6.33. The van der Waals surface area contributed by atoms with E-state index in [0.717, 1.165) is 6.07 Å². The number of anilines is 1. The normalized spacial score (nSPS) is 10.5. The molecule has 2 nitrogen and oxygen atoms in total. The zero-order valence-corrected chi connectivity index (χ0v) is 10.7. The summed E-state index contributed by atoms with van der Waals surface area (Å²) in [6.45, 7) is 0.143. The number of halogens is 3. The third kappa shape index (κ3) is 3.66. The fourth-order valence-electron chi connectivity index (χ4n) is 1.72. The van der Waals surface area contributed by atoms with Crippen LogP contribution in [0.15, 0.2) is 36.4 Å². The van der Waals surface area contributed by atoms with Crippen LogP contribution in [-0.4, -0.2) is 5.11 Å². The van der Waals surface area contributed by atoms with Crippen molar-refractivity contribution < 1.29 is 13.9 Å². The van der Waals surface area contributed by atoms with E-state index in [-0.39, 0.29) is 13.2 Å². The number of nitrogens with one attached hydrogen (secondary N) is 1. The number of hydrogen-bond acceptors (Lipinski definition) is 2. The lowest BCUT2D eigenvalue weighted by atomic mass is 10.2. The van der Waals surface area contributed by atoms with E-state index in [1.165, 1.54) is 12.1 Å². The van der Waals surface area contributed by atoms with Gasteiger partial charge in [-0.15, -0.1) is 0 Å². The summed E-state index contributed by atoms with van der Waals surface area (Å²) in [5, 5.41) is 12.5. The van der Waals surface area contributed by atoms with Crippen molar-refractivity contribution in [1.29, 1.82) is 0 Å². The molecular weight excluding hydrogens is 272 g/mol. The number of benzene rings is 2. The van der Waals surface area contributed by atoms with E-state index in [9.17, 15) is 8.78 Å².